The number of anilines is 1. The van der Waals surface area contributed by atoms with Gasteiger partial charge in [0.15, 0.2) is 11.6 Å². The second-order valence-corrected chi connectivity index (χ2v) is 6.51. The highest BCUT2D eigenvalue weighted by Crippen LogP contribution is 2.38. The van der Waals surface area contributed by atoms with Crippen molar-refractivity contribution in [2.24, 2.45) is 5.92 Å². The lowest BCUT2D eigenvalue weighted by atomic mass is 9.84. The van der Waals surface area contributed by atoms with Crippen LogP contribution in [0.3, 0.4) is 0 Å². The number of nitrogens with zero attached hydrogens (tertiary/aromatic N) is 2. The van der Waals surface area contributed by atoms with Crippen LogP contribution in [0.4, 0.5) is 5.82 Å². The van der Waals surface area contributed by atoms with Crippen LogP contribution in [0.5, 0.6) is 5.75 Å². The van der Waals surface area contributed by atoms with Gasteiger partial charge in [-0.2, -0.15) is 0 Å². The summed E-state index contributed by atoms with van der Waals surface area (Å²) in [6.45, 7) is 6.02. The summed E-state index contributed by atoms with van der Waals surface area (Å²) in [5, 5.41) is 9.28. The minimum absolute atomic E-state index is 0. The molecule has 1 atom stereocenters. The Balaban J connectivity index is 0.00000156. The van der Waals surface area contributed by atoms with Crippen LogP contribution < -0.4 is 10.1 Å². The first-order valence-corrected chi connectivity index (χ1v) is 8.33. The second kappa shape index (κ2) is 6.75. The van der Waals surface area contributed by atoms with Gasteiger partial charge in [0.05, 0.1) is 17.0 Å². The van der Waals surface area contributed by atoms with Gasteiger partial charge in [0, 0.05) is 12.6 Å². The molecule has 3 saturated heterocycles. The van der Waals surface area contributed by atoms with Gasteiger partial charge in [-0.25, -0.2) is 0 Å². The molecule has 0 saturated carbocycles. The van der Waals surface area contributed by atoms with Crippen LogP contribution >= 0.6 is 24.0 Å². The van der Waals surface area contributed by atoms with E-state index in [9.17, 15) is 0 Å². The maximum absolute atomic E-state index is 6.19. The Morgan fingerprint density at radius 1 is 1.39 bits per heavy atom. The van der Waals surface area contributed by atoms with Gasteiger partial charge in [-0.05, 0) is 50.9 Å². The molecular weight excluding hydrogens is 337 g/mol. The summed E-state index contributed by atoms with van der Waals surface area (Å²) in [5.41, 5.74) is 0.623. The number of hydrogen-bond acceptors (Lipinski definition) is 5. The molecule has 126 valence electrons. The summed E-state index contributed by atoms with van der Waals surface area (Å²) < 4.78 is 11.1. The molecule has 3 aliphatic rings. The molecule has 7 heteroatoms. The molecule has 4 heterocycles. The van der Waals surface area contributed by atoms with Crippen molar-refractivity contribution in [1.29, 1.82) is 0 Å². The topological polar surface area (TPSA) is 50.5 Å². The molecule has 0 spiro atoms. The normalized spacial score (nSPS) is 26.1. The molecule has 1 aromatic carbocycles. The van der Waals surface area contributed by atoms with Crippen molar-refractivity contribution in [2.75, 3.05) is 31.6 Å². The van der Waals surface area contributed by atoms with Gasteiger partial charge in [-0.1, -0.05) is 16.8 Å². The molecule has 23 heavy (non-hydrogen) atoms. The van der Waals surface area contributed by atoms with Gasteiger partial charge >= 0.3 is 0 Å². The quantitative estimate of drug-likeness (QED) is 0.901. The van der Waals surface area contributed by atoms with Crippen LogP contribution in [0.2, 0.25) is 5.02 Å². The molecule has 0 radical (unpaired) electrons. The average Bonchev–Trinajstić information content (AvgIpc) is 2.95. The van der Waals surface area contributed by atoms with Crippen LogP contribution in [0, 0.1) is 5.92 Å². The summed E-state index contributed by atoms with van der Waals surface area (Å²) in [6.07, 6.45) is 2.53. The van der Waals surface area contributed by atoms with E-state index in [4.69, 9.17) is 20.9 Å². The predicted octanol–water partition coefficient (Wildman–Crippen LogP) is 3.81. The van der Waals surface area contributed by atoms with Gasteiger partial charge in [0.1, 0.15) is 0 Å². The van der Waals surface area contributed by atoms with Gasteiger partial charge in [0.25, 0.3) is 0 Å². The average molecular weight is 358 g/mol. The fourth-order valence-electron chi connectivity index (χ4n) is 3.64. The minimum atomic E-state index is 0. The molecule has 1 aromatic heterocycles. The highest BCUT2D eigenvalue weighted by Gasteiger charge is 2.34. The Hall–Kier alpha value is -1.17. The lowest BCUT2D eigenvalue weighted by Gasteiger charge is -2.44. The van der Waals surface area contributed by atoms with Gasteiger partial charge in [-0.3, -0.25) is 0 Å². The van der Waals surface area contributed by atoms with Crippen LogP contribution in [-0.4, -0.2) is 42.3 Å². The van der Waals surface area contributed by atoms with E-state index in [-0.39, 0.29) is 12.4 Å². The van der Waals surface area contributed by atoms with Gasteiger partial charge < -0.3 is 19.5 Å². The first kappa shape index (κ1) is 16.7. The zero-order valence-electron chi connectivity index (χ0n) is 13.0. The molecular formula is C16H21Cl2N3O2. The number of halogens is 2. The van der Waals surface area contributed by atoms with Crippen LogP contribution in [0.25, 0.3) is 11.0 Å². The third kappa shape index (κ3) is 2.97. The molecule has 0 amide bonds. The number of ether oxygens (including phenoxy) is 1. The molecule has 5 rings (SSSR count). The summed E-state index contributed by atoms with van der Waals surface area (Å²) in [4.78, 5) is 2.52. The zero-order chi connectivity index (χ0) is 15.1. The molecule has 1 N–H and O–H groups in total. The number of nitrogens with one attached hydrogen (secondary N) is 1. The summed E-state index contributed by atoms with van der Waals surface area (Å²) in [6, 6.07) is 4.23. The monoisotopic (exact) mass is 357 g/mol. The maximum atomic E-state index is 6.19. The minimum Gasteiger partial charge on any atom is -0.488 e. The Kier molecular flexibility index (Phi) is 4.90. The molecule has 0 aliphatic carbocycles. The summed E-state index contributed by atoms with van der Waals surface area (Å²) in [5.74, 6) is 2.11. The highest BCUT2D eigenvalue weighted by molar-refractivity contribution is 6.33. The van der Waals surface area contributed by atoms with Crippen molar-refractivity contribution < 1.29 is 9.26 Å². The van der Waals surface area contributed by atoms with E-state index in [1.54, 1.807) is 0 Å². The molecule has 2 aromatic rings. The van der Waals surface area contributed by atoms with Crippen molar-refractivity contribution in [3.63, 3.8) is 0 Å². The number of hydrogen-bond donors (Lipinski definition) is 1. The molecule has 3 aliphatic heterocycles. The Labute approximate surface area is 146 Å². The molecule has 3 fully saturated rings. The van der Waals surface area contributed by atoms with E-state index in [1.807, 2.05) is 19.1 Å². The number of rotatable bonds is 4. The lowest BCUT2D eigenvalue weighted by Crippen LogP contribution is -2.53. The Bertz CT molecular complexity index is 683. The van der Waals surface area contributed by atoms with Crippen molar-refractivity contribution >= 4 is 40.8 Å². The van der Waals surface area contributed by atoms with Crippen LogP contribution in [0.15, 0.2) is 16.7 Å². The number of piperidine rings is 3. The first-order valence-electron chi connectivity index (χ1n) is 7.96. The molecule has 2 bridgehead atoms. The van der Waals surface area contributed by atoms with E-state index in [0.29, 0.717) is 29.0 Å². The fourth-order valence-corrected chi connectivity index (χ4v) is 3.85. The second-order valence-electron chi connectivity index (χ2n) is 6.11. The van der Waals surface area contributed by atoms with Gasteiger partial charge in [0.2, 0.25) is 5.58 Å². The van der Waals surface area contributed by atoms with Crippen molar-refractivity contribution in [2.45, 2.75) is 25.8 Å². The lowest BCUT2D eigenvalue weighted by molar-refractivity contribution is 0.0973. The summed E-state index contributed by atoms with van der Waals surface area (Å²) in [7, 11) is 0. The maximum Gasteiger partial charge on any atom is 0.212 e. The van der Waals surface area contributed by atoms with E-state index in [2.05, 4.69) is 15.4 Å². The standard InChI is InChI=1S/C16H20ClN3O2.ClH/c1-2-21-15-12(17)4-3-11-14(15)22-19-16(11)18-13-9-20-7-5-10(13)6-8-20;/h3-4,10,13H,2,5-9H2,1H3,(H,18,19);1H/t13-;/m0./s1. The van der Waals surface area contributed by atoms with Gasteiger partial charge in [-0.15, -0.1) is 12.4 Å². The zero-order valence-corrected chi connectivity index (χ0v) is 14.6. The number of benzene rings is 1. The van der Waals surface area contributed by atoms with E-state index in [1.165, 1.54) is 25.9 Å². The molecule has 0 unspecified atom stereocenters. The third-order valence-corrected chi connectivity index (χ3v) is 5.11. The Morgan fingerprint density at radius 2 is 2.17 bits per heavy atom. The fraction of sp³-hybridized carbons (Fsp3) is 0.562. The van der Waals surface area contributed by atoms with Crippen molar-refractivity contribution in [3.8, 4) is 5.75 Å². The van der Waals surface area contributed by atoms with Crippen molar-refractivity contribution in [1.82, 2.24) is 10.1 Å². The van der Waals surface area contributed by atoms with Crippen LogP contribution in [-0.2, 0) is 0 Å². The van der Waals surface area contributed by atoms with Crippen LogP contribution in [0.1, 0.15) is 19.8 Å². The van der Waals surface area contributed by atoms with E-state index >= 15 is 0 Å². The van der Waals surface area contributed by atoms with E-state index in [0.717, 1.165) is 23.7 Å². The Morgan fingerprint density at radius 3 is 2.83 bits per heavy atom. The number of aromatic nitrogens is 1. The van der Waals surface area contributed by atoms with E-state index < -0.39 is 0 Å². The third-order valence-electron chi connectivity index (χ3n) is 4.81. The molecule has 5 nitrogen and oxygen atoms in total. The SMILES string of the molecule is CCOc1c(Cl)ccc2c(N[C@H]3CN4CCC3CC4)noc12.Cl. The predicted molar refractivity (Wildman–Crippen MR) is 94.0 cm³/mol. The smallest absolute Gasteiger partial charge is 0.212 e. The highest BCUT2D eigenvalue weighted by atomic mass is 35.5. The first-order chi connectivity index (χ1) is 10.8. The number of fused-ring (bicyclic) bond motifs is 4. The van der Waals surface area contributed by atoms with Crippen molar-refractivity contribution in [3.05, 3.63) is 17.2 Å². The summed E-state index contributed by atoms with van der Waals surface area (Å²) >= 11 is 6.19. The largest absolute Gasteiger partial charge is 0.488 e.